The number of H-pyrrole nitrogens is 1. The molecule has 2 aromatic rings. The third-order valence-corrected chi connectivity index (χ3v) is 4.34. The lowest BCUT2D eigenvalue weighted by molar-refractivity contribution is -0.139. The van der Waals surface area contributed by atoms with E-state index < -0.39 is 0 Å². The van der Waals surface area contributed by atoms with Gasteiger partial charge in [-0.15, -0.1) is 0 Å². The molecular weight excluding hydrogens is 302 g/mol. The highest BCUT2D eigenvalue weighted by atomic mass is 32.1. The van der Waals surface area contributed by atoms with Gasteiger partial charge in [-0.3, -0.25) is 9.59 Å². The van der Waals surface area contributed by atoms with Crippen molar-refractivity contribution in [3.63, 3.8) is 0 Å². The number of ether oxygens (including phenoxy) is 1. The molecule has 1 unspecified atom stereocenters. The number of carbonyl (C=O) groups is 1. The zero-order valence-corrected chi connectivity index (χ0v) is 13.1. The number of nitrogens with one attached hydrogen (secondary N) is 1. The minimum absolute atomic E-state index is 0.0337. The number of hydrogen-bond acceptors (Lipinski definition) is 5. The number of nitrogens with zero attached hydrogens (tertiary/aromatic N) is 2. The molecule has 0 aliphatic carbocycles. The molecule has 1 fully saturated rings. The summed E-state index contributed by atoms with van der Waals surface area (Å²) < 4.78 is 5.49. The van der Waals surface area contributed by atoms with Gasteiger partial charge in [0, 0.05) is 12.6 Å². The van der Waals surface area contributed by atoms with Crippen LogP contribution in [0.1, 0.15) is 23.1 Å². The average Bonchev–Trinajstić information content (AvgIpc) is 2.99. The number of amides is 1. The Hall–Kier alpha value is -1.99. The molecule has 6 nitrogen and oxygen atoms in total. The molecular formula is C15H17N3O3S. The number of hydrogen-bond donors (Lipinski definition) is 1. The van der Waals surface area contributed by atoms with Crippen molar-refractivity contribution < 1.29 is 9.53 Å². The number of thiophene rings is 1. The van der Waals surface area contributed by atoms with Crippen molar-refractivity contribution in [3.8, 4) is 0 Å². The summed E-state index contributed by atoms with van der Waals surface area (Å²) in [4.78, 5) is 33.0. The number of rotatable bonds is 3. The molecule has 0 bridgehead atoms. The quantitative estimate of drug-likeness (QED) is 0.925. The zero-order chi connectivity index (χ0) is 15.5. The van der Waals surface area contributed by atoms with Gasteiger partial charge < -0.3 is 14.6 Å². The third-order valence-electron chi connectivity index (χ3n) is 3.61. The van der Waals surface area contributed by atoms with Crippen molar-refractivity contribution in [2.24, 2.45) is 0 Å². The summed E-state index contributed by atoms with van der Waals surface area (Å²) in [6, 6.07) is 3.09. The van der Waals surface area contributed by atoms with E-state index in [1.807, 2.05) is 16.8 Å². The first-order chi connectivity index (χ1) is 10.6. The van der Waals surface area contributed by atoms with Crippen molar-refractivity contribution >= 4 is 17.2 Å². The topological polar surface area (TPSA) is 75.3 Å². The van der Waals surface area contributed by atoms with E-state index in [-0.39, 0.29) is 17.5 Å². The lowest BCUT2D eigenvalue weighted by Crippen LogP contribution is -2.44. The van der Waals surface area contributed by atoms with E-state index in [4.69, 9.17) is 4.74 Å². The normalized spacial score (nSPS) is 18.4. The number of aromatic nitrogens is 2. The van der Waals surface area contributed by atoms with Crippen LogP contribution in [0.5, 0.6) is 0 Å². The molecule has 0 saturated carbocycles. The second-order valence-electron chi connectivity index (χ2n) is 5.24. The summed E-state index contributed by atoms with van der Waals surface area (Å²) in [6.07, 6.45) is 0.363. The number of aromatic amines is 1. The molecule has 1 aliphatic rings. The molecule has 1 aliphatic heterocycles. The van der Waals surface area contributed by atoms with Crippen LogP contribution in [0, 0.1) is 6.92 Å². The lowest BCUT2D eigenvalue weighted by atomic mass is 10.1. The van der Waals surface area contributed by atoms with Gasteiger partial charge in [0.05, 0.1) is 31.4 Å². The van der Waals surface area contributed by atoms with E-state index in [0.717, 1.165) is 5.56 Å². The SMILES string of the molecule is Cc1nc(C2COCCN2C(=O)Cc2ccsc2)cc(=O)[nH]1. The monoisotopic (exact) mass is 319 g/mol. The van der Waals surface area contributed by atoms with Crippen molar-refractivity contribution in [3.05, 3.63) is 50.3 Å². The molecule has 7 heteroatoms. The molecule has 1 amide bonds. The fourth-order valence-electron chi connectivity index (χ4n) is 2.59. The van der Waals surface area contributed by atoms with E-state index >= 15 is 0 Å². The molecule has 0 radical (unpaired) electrons. The summed E-state index contributed by atoms with van der Waals surface area (Å²) in [5, 5.41) is 3.93. The first-order valence-electron chi connectivity index (χ1n) is 7.09. The Bertz CT molecular complexity index is 711. The zero-order valence-electron chi connectivity index (χ0n) is 12.2. The molecule has 3 heterocycles. The van der Waals surface area contributed by atoms with Gasteiger partial charge in [-0.05, 0) is 29.3 Å². The van der Waals surface area contributed by atoms with E-state index in [1.165, 1.54) is 6.07 Å². The largest absolute Gasteiger partial charge is 0.377 e. The summed E-state index contributed by atoms with van der Waals surface area (Å²) in [5.74, 6) is 0.574. The van der Waals surface area contributed by atoms with Gasteiger partial charge >= 0.3 is 0 Å². The van der Waals surface area contributed by atoms with Crippen molar-refractivity contribution in [1.29, 1.82) is 0 Å². The standard InChI is InChI=1S/C15H17N3O3S/c1-10-16-12(7-14(19)17-10)13-8-21-4-3-18(13)15(20)6-11-2-5-22-9-11/h2,5,7,9,13H,3-4,6,8H2,1H3,(H,16,17,19). The van der Waals surface area contributed by atoms with Gasteiger partial charge in [0.2, 0.25) is 5.91 Å². The number of morpholine rings is 1. The molecule has 1 atom stereocenters. The highest BCUT2D eigenvalue weighted by molar-refractivity contribution is 7.07. The van der Waals surface area contributed by atoms with Crippen LogP contribution in [0.3, 0.4) is 0 Å². The molecule has 1 saturated heterocycles. The van der Waals surface area contributed by atoms with Gasteiger partial charge in [-0.1, -0.05) is 0 Å². The summed E-state index contributed by atoms with van der Waals surface area (Å²) in [5.41, 5.74) is 1.38. The van der Waals surface area contributed by atoms with E-state index in [1.54, 1.807) is 23.2 Å². The first-order valence-corrected chi connectivity index (χ1v) is 8.04. The second kappa shape index (κ2) is 6.41. The fourth-order valence-corrected chi connectivity index (χ4v) is 3.26. The van der Waals surface area contributed by atoms with Gasteiger partial charge in [0.1, 0.15) is 5.82 Å². The fraction of sp³-hybridized carbons (Fsp3) is 0.400. The molecule has 0 spiro atoms. The predicted molar refractivity (Wildman–Crippen MR) is 82.9 cm³/mol. The summed E-state index contributed by atoms with van der Waals surface area (Å²) >= 11 is 1.58. The van der Waals surface area contributed by atoms with Crippen LogP contribution in [0.2, 0.25) is 0 Å². The van der Waals surface area contributed by atoms with E-state index in [9.17, 15) is 9.59 Å². The smallest absolute Gasteiger partial charge is 0.251 e. The first kappa shape index (κ1) is 14.9. The Labute approximate surface area is 131 Å². The number of aryl methyl sites for hydroxylation is 1. The Morgan fingerprint density at radius 3 is 3.18 bits per heavy atom. The molecule has 116 valence electrons. The molecule has 3 rings (SSSR count). The predicted octanol–water partition coefficient (Wildman–Crippen LogP) is 1.28. The Morgan fingerprint density at radius 2 is 2.45 bits per heavy atom. The maximum absolute atomic E-state index is 12.6. The van der Waals surface area contributed by atoms with Crippen LogP contribution >= 0.6 is 11.3 Å². The van der Waals surface area contributed by atoms with Crippen molar-refractivity contribution in [2.45, 2.75) is 19.4 Å². The highest BCUT2D eigenvalue weighted by Gasteiger charge is 2.30. The summed E-state index contributed by atoms with van der Waals surface area (Å²) in [6.45, 7) is 3.12. The van der Waals surface area contributed by atoms with Gasteiger partial charge in [0.25, 0.3) is 5.56 Å². The van der Waals surface area contributed by atoms with Crippen LogP contribution in [0.4, 0.5) is 0 Å². The maximum Gasteiger partial charge on any atom is 0.251 e. The lowest BCUT2D eigenvalue weighted by Gasteiger charge is -2.35. The molecule has 2 aromatic heterocycles. The molecule has 0 aromatic carbocycles. The molecule has 22 heavy (non-hydrogen) atoms. The van der Waals surface area contributed by atoms with Crippen molar-refractivity contribution in [1.82, 2.24) is 14.9 Å². The van der Waals surface area contributed by atoms with Gasteiger partial charge in [-0.2, -0.15) is 11.3 Å². The highest BCUT2D eigenvalue weighted by Crippen LogP contribution is 2.23. The van der Waals surface area contributed by atoms with Crippen LogP contribution in [0.15, 0.2) is 27.7 Å². The van der Waals surface area contributed by atoms with Crippen LogP contribution in [0.25, 0.3) is 0 Å². The Morgan fingerprint density at radius 1 is 1.59 bits per heavy atom. The Kier molecular flexibility index (Phi) is 4.35. The summed E-state index contributed by atoms with van der Waals surface area (Å²) in [7, 11) is 0. The molecule has 1 N–H and O–H groups in total. The second-order valence-corrected chi connectivity index (χ2v) is 6.02. The van der Waals surface area contributed by atoms with E-state index in [0.29, 0.717) is 37.7 Å². The Balaban J connectivity index is 1.84. The van der Waals surface area contributed by atoms with Crippen LogP contribution in [-0.4, -0.2) is 40.5 Å². The van der Waals surface area contributed by atoms with Crippen LogP contribution in [-0.2, 0) is 16.0 Å². The van der Waals surface area contributed by atoms with Gasteiger partial charge in [-0.25, -0.2) is 4.98 Å². The van der Waals surface area contributed by atoms with Crippen LogP contribution < -0.4 is 5.56 Å². The van der Waals surface area contributed by atoms with Gasteiger partial charge in [0.15, 0.2) is 0 Å². The van der Waals surface area contributed by atoms with E-state index in [2.05, 4.69) is 9.97 Å². The van der Waals surface area contributed by atoms with Crippen molar-refractivity contribution in [2.75, 3.05) is 19.8 Å². The minimum atomic E-state index is -0.305. The maximum atomic E-state index is 12.6. The minimum Gasteiger partial charge on any atom is -0.377 e. The third kappa shape index (κ3) is 3.26. The number of carbonyl (C=O) groups excluding carboxylic acids is 1. The average molecular weight is 319 g/mol.